The lowest BCUT2D eigenvalue weighted by molar-refractivity contribution is -0.384. The third kappa shape index (κ3) is 4.13. The molecule has 7 heteroatoms. The van der Waals surface area contributed by atoms with Gasteiger partial charge in [-0.1, -0.05) is 0 Å². The number of hydrogen-bond donors (Lipinski definition) is 2. The van der Waals surface area contributed by atoms with Crippen LogP contribution in [0.2, 0.25) is 0 Å². The predicted molar refractivity (Wildman–Crippen MR) is 74.6 cm³/mol. The molecule has 0 saturated carbocycles. The van der Waals surface area contributed by atoms with Crippen LogP contribution in [0.15, 0.2) is 18.2 Å². The van der Waals surface area contributed by atoms with Crippen molar-refractivity contribution >= 4 is 23.0 Å². The maximum atomic E-state index is 11.5. The second kappa shape index (κ2) is 6.58. The van der Waals surface area contributed by atoms with Crippen LogP contribution >= 0.6 is 0 Å². The average molecular weight is 266 g/mol. The van der Waals surface area contributed by atoms with Crippen molar-refractivity contribution in [3.63, 3.8) is 0 Å². The van der Waals surface area contributed by atoms with Crippen molar-refractivity contribution in [3.05, 3.63) is 28.3 Å². The minimum atomic E-state index is -0.454. The summed E-state index contributed by atoms with van der Waals surface area (Å²) >= 11 is 0. The topological polar surface area (TPSA) is 87.5 Å². The fraction of sp³-hybridized carbons (Fsp3) is 0.417. The van der Waals surface area contributed by atoms with Gasteiger partial charge < -0.3 is 15.5 Å². The van der Waals surface area contributed by atoms with Crippen LogP contribution in [0.3, 0.4) is 0 Å². The molecule has 0 atom stereocenters. The van der Waals surface area contributed by atoms with Crippen LogP contribution < -0.4 is 15.5 Å². The highest BCUT2D eigenvalue weighted by Gasteiger charge is 2.13. The Morgan fingerprint density at radius 1 is 1.42 bits per heavy atom. The first-order chi connectivity index (χ1) is 8.97. The number of carbonyl (C=O) groups excluding carboxylic acids is 1. The third-order valence-electron chi connectivity index (χ3n) is 2.60. The van der Waals surface area contributed by atoms with Gasteiger partial charge in [-0.05, 0) is 13.0 Å². The van der Waals surface area contributed by atoms with E-state index in [1.807, 2.05) is 6.92 Å². The summed E-state index contributed by atoms with van der Waals surface area (Å²) < 4.78 is 0. The van der Waals surface area contributed by atoms with Crippen LogP contribution in [-0.4, -0.2) is 38.0 Å². The van der Waals surface area contributed by atoms with Crippen molar-refractivity contribution < 1.29 is 9.72 Å². The fourth-order valence-electron chi connectivity index (χ4n) is 1.63. The van der Waals surface area contributed by atoms with Crippen molar-refractivity contribution in [2.45, 2.75) is 6.92 Å². The molecule has 0 heterocycles. The third-order valence-corrected chi connectivity index (χ3v) is 2.60. The number of rotatable bonds is 6. The minimum Gasteiger partial charge on any atom is -0.388 e. The van der Waals surface area contributed by atoms with E-state index < -0.39 is 4.92 Å². The molecular formula is C12H18N4O3. The molecule has 0 saturated heterocycles. The highest BCUT2D eigenvalue weighted by molar-refractivity contribution is 5.81. The molecule has 1 aromatic rings. The maximum Gasteiger partial charge on any atom is 0.273 e. The molecule has 0 aliphatic heterocycles. The molecule has 0 aliphatic rings. The van der Waals surface area contributed by atoms with Gasteiger partial charge in [0.15, 0.2) is 0 Å². The van der Waals surface area contributed by atoms with Gasteiger partial charge in [0.25, 0.3) is 5.69 Å². The summed E-state index contributed by atoms with van der Waals surface area (Å²) in [7, 11) is 3.40. The molecule has 0 radical (unpaired) electrons. The number of nitrogens with one attached hydrogen (secondary N) is 2. The number of nitrogens with zero attached hydrogens (tertiary/aromatic N) is 2. The van der Waals surface area contributed by atoms with E-state index in [0.29, 0.717) is 17.9 Å². The Bertz CT molecular complexity index is 476. The largest absolute Gasteiger partial charge is 0.388 e. The summed E-state index contributed by atoms with van der Waals surface area (Å²) in [6.07, 6.45) is 0. The Labute approximate surface area is 111 Å². The van der Waals surface area contributed by atoms with E-state index in [4.69, 9.17) is 0 Å². The monoisotopic (exact) mass is 266 g/mol. The number of non-ortho nitro benzene ring substituents is 1. The number of amides is 1. The van der Waals surface area contributed by atoms with Crippen molar-refractivity contribution in [2.24, 2.45) is 0 Å². The summed E-state index contributed by atoms with van der Waals surface area (Å²) in [6.45, 7) is 2.55. The van der Waals surface area contributed by atoms with E-state index in [2.05, 4.69) is 10.6 Å². The molecule has 1 amide bonds. The summed E-state index contributed by atoms with van der Waals surface area (Å²) in [5, 5.41) is 16.4. The standard InChI is InChI=1S/C12H18N4O3/c1-4-14-12(17)8-15(3)10-5-9(13-2)6-11(7-10)16(18)19/h5-7,13H,4,8H2,1-3H3,(H,14,17). The van der Waals surface area contributed by atoms with Gasteiger partial charge in [-0.3, -0.25) is 14.9 Å². The first-order valence-electron chi connectivity index (χ1n) is 5.93. The second-order valence-electron chi connectivity index (χ2n) is 4.05. The smallest absolute Gasteiger partial charge is 0.273 e. The Hall–Kier alpha value is -2.31. The molecule has 0 unspecified atom stereocenters. The van der Waals surface area contributed by atoms with Crippen LogP contribution in [0.4, 0.5) is 17.1 Å². The lowest BCUT2D eigenvalue weighted by Gasteiger charge is -2.19. The first kappa shape index (κ1) is 14.7. The van der Waals surface area contributed by atoms with Gasteiger partial charge in [0.2, 0.25) is 5.91 Å². The van der Waals surface area contributed by atoms with E-state index >= 15 is 0 Å². The van der Waals surface area contributed by atoms with Crippen molar-refractivity contribution in [1.29, 1.82) is 0 Å². The minimum absolute atomic E-state index is 0.00963. The van der Waals surface area contributed by atoms with Gasteiger partial charge in [0.05, 0.1) is 11.5 Å². The van der Waals surface area contributed by atoms with Crippen LogP contribution in [0, 0.1) is 10.1 Å². The molecule has 0 bridgehead atoms. The highest BCUT2D eigenvalue weighted by Crippen LogP contribution is 2.26. The molecule has 2 N–H and O–H groups in total. The lowest BCUT2D eigenvalue weighted by atomic mass is 10.2. The number of nitro groups is 1. The zero-order chi connectivity index (χ0) is 14.4. The predicted octanol–water partition coefficient (Wildman–Crippen LogP) is 1.21. The van der Waals surface area contributed by atoms with Crippen molar-refractivity contribution in [3.8, 4) is 0 Å². The zero-order valence-electron chi connectivity index (χ0n) is 11.3. The lowest BCUT2D eigenvalue weighted by Crippen LogP contribution is -2.34. The van der Waals surface area contributed by atoms with Gasteiger partial charge in [-0.15, -0.1) is 0 Å². The van der Waals surface area contributed by atoms with Gasteiger partial charge in [0, 0.05) is 44.1 Å². The molecule has 19 heavy (non-hydrogen) atoms. The maximum absolute atomic E-state index is 11.5. The van der Waals surface area contributed by atoms with Crippen LogP contribution in [0.5, 0.6) is 0 Å². The molecule has 1 rings (SSSR count). The van der Waals surface area contributed by atoms with E-state index in [1.54, 1.807) is 25.1 Å². The SMILES string of the molecule is CCNC(=O)CN(C)c1cc(NC)cc([N+](=O)[O-])c1. The van der Waals surface area contributed by atoms with Crippen LogP contribution in [-0.2, 0) is 4.79 Å². The Morgan fingerprint density at radius 2 is 2.11 bits per heavy atom. The molecule has 0 spiro atoms. The summed E-state index contributed by atoms with van der Waals surface area (Å²) in [6, 6.07) is 4.65. The number of benzene rings is 1. The Kier molecular flexibility index (Phi) is 5.11. The number of hydrogen-bond acceptors (Lipinski definition) is 5. The Balaban J connectivity index is 2.95. The summed E-state index contributed by atoms with van der Waals surface area (Å²) in [5.41, 5.74) is 1.24. The summed E-state index contributed by atoms with van der Waals surface area (Å²) in [5.74, 6) is -0.123. The average Bonchev–Trinajstić information content (AvgIpc) is 2.38. The number of carbonyl (C=O) groups is 1. The molecule has 104 valence electrons. The first-order valence-corrected chi connectivity index (χ1v) is 5.93. The van der Waals surface area contributed by atoms with Gasteiger partial charge in [0.1, 0.15) is 0 Å². The summed E-state index contributed by atoms with van der Waals surface area (Å²) in [4.78, 5) is 23.6. The van der Waals surface area contributed by atoms with Crippen molar-refractivity contribution in [2.75, 3.05) is 37.4 Å². The molecule has 7 nitrogen and oxygen atoms in total. The van der Waals surface area contributed by atoms with E-state index in [9.17, 15) is 14.9 Å². The number of likely N-dealkylation sites (N-methyl/N-ethyl adjacent to an activating group) is 2. The quantitative estimate of drug-likeness (QED) is 0.597. The fourth-order valence-corrected chi connectivity index (χ4v) is 1.63. The number of nitro benzene ring substituents is 1. The normalized spacial score (nSPS) is 9.84. The molecular weight excluding hydrogens is 248 g/mol. The molecule has 0 aromatic heterocycles. The van der Waals surface area contributed by atoms with Crippen LogP contribution in [0.1, 0.15) is 6.92 Å². The van der Waals surface area contributed by atoms with E-state index in [-0.39, 0.29) is 18.1 Å². The van der Waals surface area contributed by atoms with Gasteiger partial charge in [-0.2, -0.15) is 0 Å². The van der Waals surface area contributed by atoms with Gasteiger partial charge >= 0.3 is 0 Å². The Morgan fingerprint density at radius 3 is 2.63 bits per heavy atom. The zero-order valence-corrected chi connectivity index (χ0v) is 11.3. The number of anilines is 2. The highest BCUT2D eigenvalue weighted by atomic mass is 16.6. The molecule has 0 aliphatic carbocycles. The molecule has 0 fully saturated rings. The second-order valence-corrected chi connectivity index (χ2v) is 4.05. The van der Waals surface area contributed by atoms with E-state index in [1.165, 1.54) is 12.1 Å². The van der Waals surface area contributed by atoms with E-state index in [0.717, 1.165) is 0 Å². The van der Waals surface area contributed by atoms with Crippen molar-refractivity contribution in [1.82, 2.24) is 5.32 Å². The van der Waals surface area contributed by atoms with Crippen LogP contribution in [0.25, 0.3) is 0 Å². The molecule has 1 aromatic carbocycles. The van der Waals surface area contributed by atoms with Gasteiger partial charge in [-0.25, -0.2) is 0 Å².